The van der Waals surface area contributed by atoms with Gasteiger partial charge in [0.15, 0.2) is 0 Å². The molecule has 1 saturated heterocycles. The molecule has 2 rings (SSSR count). The molecule has 2 heterocycles. The van der Waals surface area contributed by atoms with E-state index in [0.29, 0.717) is 10.3 Å². The Morgan fingerprint density at radius 2 is 2.60 bits per heavy atom. The van der Waals surface area contributed by atoms with E-state index in [1.165, 1.54) is 18.6 Å². The van der Waals surface area contributed by atoms with E-state index in [2.05, 4.69) is 12.0 Å². The Kier molecular flexibility index (Phi) is 3.59. The smallest absolute Gasteiger partial charge is 0.0834 e. The SMILES string of the molecule is CCn1ncc(Cl)c1C(N)C1CCCS1. The van der Waals surface area contributed by atoms with Gasteiger partial charge in [0.1, 0.15) is 0 Å². The molecule has 0 saturated carbocycles. The molecule has 15 heavy (non-hydrogen) atoms. The van der Waals surface area contributed by atoms with Gasteiger partial charge < -0.3 is 5.73 Å². The summed E-state index contributed by atoms with van der Waals surface area (Å²) in [5, 5.41) is 5.43. The van der Waals surface area contributed by atoms with Crippen molar-refractivity contribution in [2.24, 2.45) is 5.73 Å². The first kappa shape index (κ1) is 11.3. The molecule has 5 heteroatoms. The fourth-order valence-electron chi connectivity index (χ4n) is 2.02. The van der Waals surface area contributed by atoms with Crippen molar-refractivity contribution in [2.45, 2.75) is 37.6 Å². The van der Waals surface area contributed by atoms with Gasteiger partial charge in [-0.3, -0.25) is 4.68 Å². The Hall–Kier alpha value is -0.190. The normalized spacial score (nSPS) is 23.3. The highest BCUT2D eigenvalue weighted by Crippen LogP contribution is 2.36. The third kappa shape index (κ3) is 2.17. The van der Waals surface area contributed by atoms with Crippen molar-refractivity contribution in [3.8, 4) is 0 Å². The lowest BCUT2D eigenvalue weighted by Gasteiger charge is -2.19. The summed E-state index contributed by atoms with van der Waals surface area (Å²) in [6.45, 7) is 2.88. The number of nitrogens with two attached hydrogens (primary N) is 1. The second-order valence-electron chi connectivity index (χ2n) is 3.77. The van der Waals surface area contributed by atoms with E-state index in [1.807, 2.05) is 16.4 Å². The lowest BCUT2D eigenvalue weighted by molar-refractivity contribution is 0.549. The molecule has 0 aromatic carbocycles. The maximum Gasteiger partial charge on any atom is 0.0834 e. The van der Waals surface area contributed by atoms with Crippen LogP contribution in [-0.2, 0) is 6.54 Å². The second-order valence-corrected chi connectivity index (χ2v) is 5.53. The predicted molar refractivity (Wildman–Crippen MR) is 65.3 cm³/mol. The van der Waals surface area contributed by atoms with Crippen LogP contribution in [0.4, 0.5) is 0 Å². The fourth-order valence-corrected chi connectivity index (χ4v) is 3.59. The van der Waals surface area contributed by atoms with Crippen LogP contribution >= 0.6 is 23.4 Å². The highest BCUT2D eigenvalue weighted by atomic mass is 35.5. The standard InChI is InChI=1S/C10H16ClN3S/c1-2-14-10(7(11)6-13-14)9(12)8-4-3-5-15-8/h6,8-9H,2-5,12H2,1H3. The molecule has 84 valence electrons. The highest BCUT2D eigenvalue weighted by molar-refractivity contribution is 8.00. The van der Waals surface area contributed by atoms with Crippen molar-refractivity contribution >= 4 is 23.4 Å². The van der Waals surface area contributed by atoms with Gasteiger partial charge in [-0.2, -0.15) is 16.9 Å². The number of aromatic nitrogens is 2. The summed E-state index contributed by atoms with van der Waals surface area (Å²) in [6.07, 6.45) is 4.15. The zero-order valence-corrected chi connectivity index (χ0v) is 10.4. The van der Waals surface area contributed by atoms with E-state index in [0.717, 1.165) is 12.2 Å². The molecule has 2 N–H and O–H groups in total. The molecule has 0 radical (unpaired) electrons. The van der Waals surface area contributed by atoms with Crippen molar-refractivity contribution in [1.82, 2.24) is 9.78 Å². The molecule has 1 aliphatic heterocycles. The Bertz CT molecular complexity index is 333. The van der Waals surface area contributed by atoms with Gasteiger partial charge >= 0.3 is 0 Å². The van der Waals surface area contributed by atoms with Gasteiger partial charge in [0, 0.05) is 11.8 Å². The first-order valence-corrected chi connectivity index (χ1v) is 6.75. The van der Waals surface area contributed by atoms with Gasteiger partial charge in [-0.1, -0.05) is 11.6 Å². The van der Waals surface area contributed by atoms with E-state index >= 15 is 0 Å². The van der Waals surface area contributed by atoms with E-state index in [4.69, 9.17) is 17.3 Å². The summed E-state index contributed by atoms with van der Waals surface area (Å²) in [5.41, 5.74) is 7.25. The Labute approximate surface area is 99.4 Å². The van der Waals surface area contributed by atoms with Crippen LogP contribution in [-0.4, -0.2) is 20.8 Å². The summed E-state index contributed by atoms with van der Waals surface area (Å²) in [6, 6.07) is 0.0208. The zero-order valence-electron chi connectivity index (χ0n) is 8.82. The van der Waals surface area contributed by atoms with Gasteiger partial charge in [0.05, 0.1) is 23.0 Å². The Morgan fingerprint density at radius 3 is 3.20 bits per heavy atom. The molecule has 2 atom stereocenters. The number of rotatable bonds is 3. The zero-order chi connectivity index (χ0) is 10.8. The van der Waals surface area contributed by atoms with E-state index in [1.54, 1.807) is 6.20 Å². The summed E-state index contributed by atoms with van der Waals surface area (Å²) >= 11 is 8.08. The lowest BCUT2D eigenvalue weighted by Crippen LogP contribution is -2.25. The number of nitrogens with zero attached hydrogens (tertiary/aromatic N) is 2. The number of hydrogen-bond acceptors (Lipinski definition) is 3. The number of hydrogen-bond donors (Lipinski definition) is 1. The molecule has 0 spiro atoms. The summed E-state index contributed by atoms with van der Waals surface area (Å²) in [4.78, 5) is 0. The maximum absolute atomic E-state index is 6.26. The molecule has 0 amide bonds. The maximum atomic E-state index is 6.26. The molecule has 1 aromatic heterocycles. The number of aryl methyl sites for hydroxylation is 1. The first-order chi connectivity index (χ1) is 7.24. The van der Waals surface area contributed by atoms with Gasteiger partial charge in [0.25, 0.3) is 0 Å². The van der Waals surface area contributed by atoms with E-state index in [-0.39, 0.29) is 6.04 Å². The average Bonchev–Trinajstić information content (AvgIpc) is 2.85. The fraction of sp³-hybridized carbons (Fsp3) is 0.700. The summed E-state index contributed by atoms with van der Waals surface area (Å²) < 4.78 is 1.91. The van der Waals surface area contributed by atoms with E-state index < -0.39 is 0 Å². The van der Waals surface area contributed by atoms with Crippen LogP contribution in [0.15, 0.2) is 6.20 Å². The van der Waals surface area contributed by atoms with Crippen LogP contribution in [0.25, 0.3) is 0 Å². The molecular weight excluding hydrogens is 230 g/mol. The van der Waals surface area contributed by atoms with Gasteiger partial charge in [-0.25, -0.2) is 0 Å². The van der Waals surface area contributed by atoms with Crippen LogP contribution in [0.1, 0.15) is 31.5 Å². The predicted octanol–water partition coefficient (Wildman–Crippen LogP) is 2.45. The van der Waals surface area contributed by atoms with Crippen molar-refractivity contribution in [1.29, 1.82) is 0 Å². The first-order valence-electron chi connectivity index (χ1n) is 5.32. The van der Waals surface area contributed by atoms with Gasteiger partial charge in [-0.05, 0) is 25.5 Å². The number of halogens is 1. The number of thioether (sulfide) groups is 1. The molecule has 0 aliphatic carbocycles. The molecular formula is C10H16ClN3S. The minimum atomic E-state index is 0.0208. The Morgan fingerprint density at radius 1 is 1.80 bits per heavy atom. The van der Waals surface area contributed by atoms with Gasteiger partial charge in [-0.15, -0.1) is 0 Å². The van der Waals surface area contributed by atoms with Crippen LogP contribution in [0.5, 0.6) is 0 Å². The second kappa shape index (κ2) is 4.76. The minimum absolute atomic E-state index is 0.0208. The molecule has 2 unspecified atom stereocenters. The van der Waals surface area contributed by atoms with Crippen molar-refractivity contribution in [2.75, 3.05) is 5.75 Å². The summed E-state index contributed by atoms with van der Waals surface area (Å²) in [5.74, 6) is 1.22. The van der Waals surface area contributed by atoms with Crippen molar-refractivity contribution in [3.05, 3.63) is 16.9 Å². The van der Waals surface area contributed by atoms with Crippen LogP contribution < -0.4 is 5.73 Å². The van der Waals surface area contributed by atoms with Crippen LogP contribution in [0, 0.1) is 0 Å². The minimum Gasteiger partial charge on any atom is -0.322 e. The quantitative estimate of drug-likeness (QED) is 0.890. The molecule has 1 aromatic rings. The molecule has 3 nitrogen and oxygen atoms in total. The van der Waals surface area contributed by atoms with Gasteiger partial charge in [0.2, 0.25) is 0 Å². The third-order valence-corrected chi connectivity index (χ3v) is 4.59. The molecule has 1 aliphatic rings. The van der Waals surface area contributed by atoms with Crippen molar-refractivity contribution in [3.63, 3.8) is 0 Å². The molecule has 0 bridgehead atoms. The van der Waals surface area contributed by atoms with Crippen LogP contribution in [0.2, 0.25) is 5.02 Å². The average molecular weight is 246 g/mol. The highest BCUT2D eigenvalue weighted by Gasteiger charge is 2.27. The van der Waals surface area contributed by atoms with Crippen molar-refractivity contribution < 1.29 is 0 Å². The summed E-state index contributed by atoms with van der Waals surface area (Å²) in [7, 11) is 0. The lowest BCUT2D eigenvalue weighted by atomic mass is 10.1. The van der Waals surface area contributed by atoms with E-state index in [9.17, 15) is 0 Å². The van der Waals surface area contributed by atoms with Crippen LogP contribution in [0.3, 0.4) is 0 Å². The molecule has 1 fully saturated rings. The largest absolute Gasteiger partial charge is 0.322 e. The monoisotopic (exact) mass is 245 g/mol. The topological polar surface area (TPSA) is 43.8 Å². The third-order valence-electron chi connectivity index (χ3n) is 2.81. The Balaban J connectivity index is 2.22.